The average Bonchev–Trinajstić information content (AvgIpc) is 3.25. The zero-order chi connectivity index (χ0) is 20.9. The molecule has 1 saturated carbocycles. The Labute approximate surface area is 172 Å². The number of hydrogen-bond acceptors (Lipinski definition) is 5. The van der Waals surface area contributed by atoms with Crippen LogP contribution in [0.2, 0.25) is 0 Å². The first-order chi connectivity index (χ1) is 14.6. The number of amides is 1. The van der Waals surface area contributed by atoms with Crippen molar-refractivity contribution in [2.45, 2.75) is 44.4 Å². The van der Waals surface area contributed by atoms with Crippen LogP contribution in [0.4, 0.5) is 8.78 Å². The van der Waals surface area contributed by atoms with Crippen molar-refractivity contribution in [3.63, 3.8) is 0 Å². The van der Waals surface area contributed by atoms with Gasteiger partial charge in [0.25, 0.3) is 5.91 Å². The Morgan fingerprint density at radius 2 is 1.97 bits per heavy atom. The second-order valence-corrected chi connectivity index (χ2v) is 7.16. The number of hydrogen-bond donors (Lipinski definition) is 1. The third-order valence-electron chi connectivity index (χ3n) is 5.23. The van der Waals surface area contributed by atoms with Gasteiger partial charge in [-0.25, -0.2) is 9.97 Å². The van der Waals surface area contributed by atoms with Gasteiger partial charge >= 0.3 is 6.61 Å². The molecule has 7 nitrogen and oxygen atoms in total. The Hall–Kier alpha value is -3.36. The van der Waals surface area contributed by atoms with Gasteiger partial charge in [0.15, 0.2) is 0 Å². The van der Waals surface area contributed by atoms with Gasteiger partial charge in [-0.15, -0.1) is 0 Å². The number of carbonyl (C=O) groups excluding carboxylic acids is 1. The Balaban J connectivity index is 1.34. The molecule has 0 bridgehead atoms. The SMILES string of the molecule is O=C(NC1CCC(n2cc(-c3ccncn3)cn2)CC1)c1ccccc1OC(F)F. The van der Waals surface area contributed by atoms with Crippen molar-refractivity contribution in [2.24, 2.45) is 0 Å². The number of rotatable bonds is 6. The summed E-state index contributed by atoms with van der Waals surface area (Å²) in [6, 6.07) is 8.08. The van der Waals surface area contributed by atoms with Crippen LogP contribution in [-0.4, -0.2) is 38.3 Å². The van der Waals surface area contributed by atoms with Crippen LogP contribution in [0.15, 0.2) is 55.2 Å². The van der Waals surface area contributed by atoms with Gasteiger partial charge in [0.05, 0.1) is 23.5 Å². The predicted octanol–water partition coefficient (Wildman–Crippen LogP) is 3.86. The van der Waals surface area contributed by atoms with Gasteiger partial charge in [-0.2, -0.15) is 13.9 Å². The van der Waals surface area contributed by atoms with Crippen LogP contribution in [0.1, 0.15) is 42.1 Å². The molecular formula is C21H21F2N5O2. The first-order valence-electron chi connectivity index (χ1n) is 9.75. The van der Waals surface area contributed by atoms with Crippen LogP contribution < -0.4 is 10.1 Å². The fourth-order valence-electron chi connectivity index (χ4n) is 3.73. The first-order valence-corrected chi connectivity index (χ1v) is 9.75. The minimum Gasteiger partial charge on any atom is -0.434 e. The highest BCUT2D eigenvalue weighted by Crippen LogP contribution is 2.30. The van der Waals surface area contributed by atoms with E-state index in [0.29, 0.717) is 0 Å². The lowest BCUT2D eigenvalue weighted by molar-refractivity contribution is -0.0501. The van der Waals surface area contributed by atoms with E-state index in [2.05, 4.69) is 25.1 Å². The molecule has 0 spiro atoms. The minimum absolute atomic E-state index is 0.0229. The molecule has 2 aromatic heterocycles. The van der Waals surface area contributed by atoms with Crippen LogP contribution in [0.25, 0.3) is 11.3 Å². The van der Waals surface area contributed by atoms with Crippen molar-refractivity contribution < 1.29 is 18.3 Å². The summed E-state index contributed by atoms with van der Waals surface area (Å²) in [4.78, 5) is 20.7. The molecule has 156 valence electrons. The van der Waals surface area contributed by atoms with Gasteiger partial charge in [0.1, 0.15) is 12.1 Å². The number of para-hydroxylation sites is 1. The molecule has 0 saturated heterocycles. The lowest BCUT2D eigenvalue weighted by Gasteiger charge is -2.29. The van der Waals surface area contributed by atoms with Gasteiger partial charge < -0.3 is 10.1 Å². The number of carbonyl (C=O) groups is 1. The highest BCUT2D eigenvalue weighted by molar-refractivity contribution is 5.97. The highest BCUT2D eigenvalue weighted by Gasteiger charge is 2.25. The summed E-state index contributed by atoms with van der Waals surface area (Å²) in [5, 5.41) is 7.41. The molecule has 1 aliphatic rings. The van der Waals surface area contributed by atoms with Gasteiger partial charge in [0, 0.05) is 24.0 Å². The zero-order valence-corrected chi connectivity index (χ0v) is 16.1. The normalized spacial score (nSPS) is 18.9. The molecule has 1 N–H and O–H groups in total. The van der Waals surface area contributed by atoms with E-state index >= 15 is 0 Å². The molecule has 0 radical (unpaired) electrons. The third kappa shape index (κ3) is 4.61. The molecular weight excluding hydrogens is 392 g/mol. The minimum atomic E-state index is -2.98. The summed E-state index contributed by atoms with van der Waals surface area (Å²) in [6.07, 6.45) is 10.2. The summed E-state index contributed by atoms with van der Waals surface area (Å²) >= 11 is 0. The molecule has 1 aromatic carbocycles. The summed E-state index contributed by atoms with van der Waals surface area (Å²) < 4.78 is 31.5. The topological polar surface area (TPSA) is 81.9 Å². The van der Waals surface area contributed by atoms with Crippen LogP contribution in [0, 0.1) is 0 Å². The van der Waals surface area contributed by atoms with E-state index in [0.717, 1.165) is 36.9 Å². The lowest BCUT2D eigenvalue weighted by atomic mass is 9.91. The quantitative estimate of drug-likeness (QED) is 0.664. The maximum atomic E-state index is 12.6. The number of nitrogens with zero attached hydrogens (tertiary/aromatic N) is 4. The maximum Gasteiger partial charge on any atom is 0.387 e. The molecule has 0 aliphatic heterocycles. The van der Waals surface area contributed by atoms with Crippen molar-refractivity contribution in [1.82, 2.24) is 25.1 Å². The van der Waals surface area contributed by atoms with E-state index in [9.17, 15) is 13.6 Å². The van der Waals surface area contributed by atoms with E-state index in [-0.39, 0.29) is 23.4 Å². The molecule has 0 unspecified atom stereocenters. The van der Waals surface area contributed by atoms with Crippen molar-refractivity contribution in [3.05, 3.63) is 60.8 Å². The Morgan fingerprint density at radius 3 is 2.70 bits per heavy atom. The largest absolute Gasteiger partial charge is 0.434 e. The molecule has 30 heavy (non-hydrogen) atoms. The molecule has 1 fully saturated rings. The van der Waals surface area contributed by atoms with Gasteiger partial charge in [-0.3, -0.25) is 9.48 Å². The number of benzene rings is 1. The van der Waals surface area contributed by atoms with Crippen LogP contribution in [0.3, 0.4) is 0 Å². The number of halogens is 2. The van der Waals surface area contributed by atoms with E-state index in [1.807, 2.05) is 16.9 Å². The standard InChI is InChI=1S/C21H21F2N5O2/c22-21(23)30-19-4-2-1-3-17(19)20(29)27-15-5-7-16(8-6-15)28-12-14(11-26-28)18-9-10-24-13-25-18/h1-4,9-13,15-16,21H,5-8H2,(H,27,29). The molecule has 9 heteroatoms. The van der Waals surface area contributed by atoms with E-state index < -0.39 is 12.5 Å². The Morgan fingerprint density at radius 1 is 1.17 bits per heavy atom. The van der Waals surface area contributed by atoms with Gasteiger partial charge in [-0.1, -0.05) is 12.1 Å². The van der Waals surface area contributed by atoms with Gasteiger partial charge in [0.2, 0.25) is 0 Å². The number of nitrogens with one attached hydrogen (secondary N) is 1. The predicted molar refractivity (Wildman–Crippen MR) is 105 cm³/mol. The molecule has 1 amide bonds. The first kappa shape index (κ1) is 19.9. The van der Waals surface area contributed by atoms with Gasteiger partial charge in [-0.05, 0) is 43.9 Å². The molecule has 2 heterocycles. The van der Waals surface area contributed by atoms with Crippen molar-refractivity contribution >= 4 is 5.91 Å². The monoisotopic (exact) mass is 413 g/mol. The molecule has 3 aromatic rings. The zero-order valence-electron chi connectivity index (χ0n) is 16.1. The lowest BCUT2D eigenvalue weighted by Crippen LogP contribution is -2.38. The van der Waals surface area contributed by atoms with Crippen LogP contribution in [0.5, 0.6) is 5.75 Å². The molecule has 4 rings (SSSR count). The van der Waals surface area contributed by atoms with Crippen molar-refractivity contribution in [2.75, 3.05) is 0 Å². The number of alkyl halides is 2. The summed E-state index contributed by atoms with van der Waals surface area (Å²) in [6.45, 7) is -2.98. The molecule has 1 aliphatic carbocycles. The van der Waals surface area contributed by atoms with Crippen molar-refractivity contribution in [3.8, 4) is 17.0 Å². The molecule has 0 atom stereocenters. The smallest absolute Gasteiger partial charge is 0.387 e. The number of aromatic nitrogens is 4. The highest BCUT2D eigenvalue weighted by atomic mass is 19.3. The second-order valence-electron chi connectivity index (χ2n) is 7.16. The Bertz CT molecular complexity index is 988. The van der Waals surface area contributed by atoms with Crippen LogP contribution in [-0.2, 0) is 0 Å². The van der Waals surface area contributed by atoms with Crippen molar-refractivity contribution in [1.29, 1.82) is 0 Å². The average molecular weight is 413 g/mol. The summed E-state index contributed by atoms with van der Waals surface area (Å²) in [5.41, 5.74) is 1.87. The van der Waals surface area contributed by atoms with Crippen LogP contribution >= 0.6 is 0 Å². The van der Waals surface area contributed by atoms with E-state index in [4.69, 9.17) is 0 Å². The summed E-state index contributed by atoms with van der Waals surface area (Å²) in [7, 11) is 0. The third-order valence-corrected chi connectivity index (χ3v) is 5.23. The fraction of sp³-hybridized carbons (Fsp3) is 0.333. The maximum absolute atomic E-state index is 12.6. The fourth-order valence-corrected chi connectivity index (χ4v) is 3.73. The summed E-state index contributed by atoms with van der Waals surface area (Å²) in [5.74, 6) is -0.521. The van der Waals surface area contributed by atoms with E-state index in [1.165, 1.54) is 18.5 Å². The number of ether oxygens (including phenoxy) is 1. The van der Waals surface area contributed by atoms with E-state index in [1.54, 1.807) is 24.5 Å². The Kier molecular flexibility index (Phi) is 5.97. The second kappa shape index (κ2) is 8.98.